The smallest absolute Gasteiger partial charge is 0.241 e. The quantitative estimate of drug-likeness (QED) is 0.809. The molecule has 0 spiro atoms. The van der Waals surface area contributed by atoms with Crippen molar-refractivity contribution in [3.05, 3.63) is 29.8 Å². The Morgan fingerprint density at radius 2 is 2.05 bits per heavy atom. The minimum Gasteiger partial charge on any atom is -0.395 e. The second-order valence-corrected chi connectivity index (χ2v) is 6.66. The lowest BCUT2D eigenvalue weighted by molar-refractivity contribution is 0.305. The second kappa shape index (κ2) is 6.89. The van der Waals surface area contributed by atoms with Gasteiger partial charge in [-0.15, -0.1) is 0 Å². The van der Waals surface area contributed by atoms with Crippen molar-refractivity contribution in [1.29, 1.82) is 0 Å². The van der Waals surface area contributed by atoms with E-state index in [0.29, 0.717) is 24.4 Å². The molecular weight excluding hydrogens is 274 g/mol. The number of rotatable bonds is 5. The summed E-state index contributed by atoms with van der Waals surface area (Å²) < 4.78 is 27.3. The van der Waals surface area contributed by atoms with Gasteiger partial charge in [-0.05, 0) is 30.9 Å². The molecule has 1 fully saturated rings. The molecule has 4 nitrogen and oxygen atoms in total. The van der Waals surface area contributed by atoms with Crippen LogP contribution in [0.5, 0.6) is 0 Å². The van der Waals surface area contributed by atoms with Crippen molar-refractivity contribution in [2.24, 2.45) is 5.92 Å². The number of hydrogen-bond acceptors (Lipinski definition) is 3. The summed E-state index contributed by atoms with van der Waals surface area (Å²) in [5, 5.41) is 8.72. The lowest BCUT2D eigenvalue weighted by atomic mass is 9.86. The number of aliphatic hydroxyl groups is 1. The first-order chi connectivity index (χ1) is 9.63. The first-order valence-electron chi connectivity index (χ1n) is 6.82. The van der Waals surface area contributed by atoms with E-state index in [1.54, 1.807) is 24.3 Å². The van der Waals surface area contributed by atoms with E-state index in [2.05, 4.69) is 16.6 Å². The van der Waals surface area contributed by atoms with Gasteiger partial charge in [-0.1, -0.05) is 30.4 Å². The third kappa shape index (κ3) is 3.83. The normalized spacial score (nSPS) is 15.2. The summed E-state index contributed by atoms with van der Waals surface area (Å²) in [5.74, 6) is 6.04. The van der Waals surface area contributed by atoms with Crippen LogP contribution in [0.25, 0.3) is 0 Å². The minimum atomic E-state index is -3.51. The molecule has 5 heteroatoms. The van der Waals surface area contributed by atoms with Gasteiger partial charge in [-0.3, -0.25) is 0 Å². The molecule has 0 aromatic heterocycles. The van der Waals surface area contributed by atoms with Gasteiger partial charge in [0.1, 0.15) is 0 Å². The van der Waals surface area contributed by atoms with E-state index in [4.69, 9.17) is 5.11 Å². The van der Waals surface area contributed by atoms with Crippen molar-refractivity contribution in [2.45, 2.75) is 30.6 Å². The van der Waals surface area contributed by atoms with Gasteiger partial charge in [0.15, 0.2) is 0 Å². The Morgan fingerprint density at radius 1 is 1.30 bits per heavy atom. The summed E-state index contributed by atoms with van der Waals surface area (Å²) in [7, 11) is -3.51. The Labute approximate surface area is 120 Å². The van der Waals surface area contributed by atoms with Crippen molar-refractivity contribution in [2.75, 3.05) is 13.2 Å². The second-order valence-electron chi connectivity index (χ2n) is 4.92. The molecule has 0 bridgehead atoms. The topological polar surface area (TPSA) is 66.4 Å². The Morgan fingerprint density at radius 3 is 2.70 bits per heavy atom. The molecule has 2 rings (SSSR count). The Hall–Kier alpha value is -1.35. The monoisotopic (exact) mass is 293 g/mol. The van der Waals surface area contributed by atoms with Crippen molar-refractivity contribution in [3.63, 3.8) is 0 Å². The standard InChI is InChI=1S/C15H19NO3S/c17-11-4-3-9-14-8-1-2-10-15(14)20(18,19)16-12-13-6-5-7-13/h1-2,8,10,13,16-17H,4-7,11-12H2. The molecule has 0 amide bonds. The van der Waals surface area contributed by atoms with Crippen LogP contribution >= 0.6 is 0 Å². The maximum Gasteiger partial charge on any atom is 0.241 e. The van der Waals surface area contributed by atoms with E-state index in [1.807, 2.05) is 0 Å². The van der Waals surface area contributed by atoms with E-state index in [0.717, 1.165) is 12.8 Å². The van der Waals surface area contributed by atoms with Crippen LogP contribution in [0.4, 0.5) is 0 Å². The summed E-state index contributed by atoms with van der Waals surface area (Å²) in [4.78, 5) is 0.213. The highest BCUT2D eigenvalue weighted by Gasteiger charge is 2.22. The van der Waals surface area contributed by atoms with Crippen molar-refractivity contribution in [1.82, 2.24) is 4.72 Å². The number of benzene rings is 1. The molecule has 0 atom stereocenters. The number of aliphatic hydroxyl groups excluding tert-OH is 1. The summed E-state index contributed by atoms with van der Waals surface area (Å²) in [6.07, 6.45) is 3.72. The van der Waals surface area contributed by atoms with Crippen LogP contribution < -0.4 is 4.72 Å². The lowest BCUT2D eigenvalue weighted by Crippen LogP contribution is -2.32. The highest BCUT2D eigenvalue weighted by Crippen LogP contribution is 2.26. The molecule has 108 valence electrons. The van der Waals surface area contributed by atoms with Crippen LogP contribution in [0.2, 0.25) is 0 Å². The first kappa shape index (κ1) is 15.0. The van der Waals surface area contributed by atoms with Gasteiger partial charge in [-0.25, -0.2) is 13.1 Å². The maximum atomic E-state index is 12.3. The molecule has 0 unspecified atom stereocenters. The van der Waals surface area contributed by atoms with Gasteiger partial charge in [0.2, 0.25) is 10.0 Å². The molecule has 1 aromatic carbocycles. The van der Waals surface area contributed by atoms with E-state index in [-0.39, 0.29) is 11.5 Å². The third-order valence-electron chi connectivity index (χ3n) is 3.42. The lowest BCUT2D eigenvalue weighted by Gasteiger charge is -2.25. The Kier molecular flexibility index (Phi) is 5.18. The van der Waals surface area contributed by atoms with E-state index in [1.165, 1.54) is 6.42 Å². The van der Waals surface area contributed by atoms with Crippen LogP contribution in [0.1, 0.15) is 31.2 Å². The average Bonchev–Trinajstić information content (AvgIpc) is 2.37. The molecule has 0 aliphatic heterocycles. The number of hydrogen-bond donors (Lipinski definition) is 2. The first-order valence-corrected chi connectivity index (χ1v) is 8.30. The van der Waals surface area contributed by atoms with E-state index >= 15 is 0 Å². The zero-order valence-electron chi connectivity index (χ0n) is 11.3. The number of nitrogens with one attached hydrogen (secondary N) is 1. The highest BCUT2D eigenvalue weighted by atomic mass is 32.2. The van der Waals surface area contributed by atoms with Crippen molar-refractivity contribution >= 4 is 10.0 Å². The molecule has 1 aliphatic rings. The average molecular weight is 293 g/mol. The van der Waals surface area contributed by atoms with Crippen LogP contribution in [0, 0.1) is 17.8 Å². The van der Waals surface area contributed by atoms with E-state index in [9.17, 15) is 8.42 Å². The Bertz CT molecular complexity index is 609. The summed E-state index contributed by atoms with van der Waals surface area (Å²) >= 11 is 0. The fourth-order valence-electron chi connectivity index (χ4n) is 2.02. The zero-order valence-corrected chi connectivity index (χ0v) is 12.1. The zero-order chi connectivity index (χ0) is 14.4. The third-order valence-corrected chi connectivity index (χ3v) is 4.90. The van der Waals surface area contributed by atoms with Crippen molar-refractivity contribution in [3.8, 4) is 11.8 Å². The van der Waals surface area contributed by atoms with Gasteiger partial charge in [0, 0.05) is 18.5 Å². The molecule has 1 aliphatic carbocycles. The molecule has 1 saturated carbocycles. The van der Waals surface area contributed by atoms with E-state index < -0.39 is 10.0 Å². The highest BCUT2D eigenvalue weighted by molar-refractivity contribution is 7.89. The van der Waals surface area contributed by atoms with Gasteiger partial charge >= 0.3 is 0 Å². The predicted octanol–water partition coefficient (Wildman–Crippen LogP) is 1.50. The van der Waals surface area contributed by atoms with Crippen LogP contribution in [0.15, 0.2) is 29.2 Å². The van der Waals surface area contributed by atoms with Crippen LogP contribution in [0.3, 0.4) is 0 Å². The minimum absolute atomic E-state index is 0.0259. The molecule has 0 saturated heterocycles. The fraction of sp³-hybridized carbons (Fsp3) is 0.467. The summed E-state index contributed by atoms with van der Waals surface area (Å²) in [6, 6.07) is 6.69. The summed E-state index contributed by atoms with van der Waals surface area (Å²) in [6.45, 7) is 0.475. The van der Waals surface area contributed by atoms with Crippen molar-refractivity contribution < 1.29 is 13.5 Å². The molecule has 2 N–H and O–H groups in total. The maximum absolute atomic E-state index is 12.3. The fourth-order valence-corrected chi connectivity index (χ4v) is 3.30. The van der Waals surface area contributed by atoms with Gasteiger partial charge in [0.05, 0.1) is 11.5 Å². The SMILES string of the molecule is O=S(=O)(NCC1CCC1)c1ccccc1C#CCCO. The van der Waals surface area contributed by atoms with Gasteiger partial charge in [-0.2, -0.15) is 0 Å². The molecule has 0 heterocycles. The largest absolute Gasteiger partial charge is 0.395 e. The Balaban J connectivity index is 2.15. The molecule has 20 heavy (non-hydrogen) atoms. The molecular formula is C15H19NO3S. The van der Waals surface area contributed by atoms with Crippen LogP contribution in [-0.2, 0) is 10.0 Å². The van der Waals surface area contributed by atoms with Gasteiger partial charge in [0.25, 0.3) is 0 Å². The van der Waals surface area contributed by atoms with Gasteiger partial charge < -0.3 is 5.11 Å². The van der Waals surface area contributed by atoms with Crippen LogP contribution in [-0.4, -0.2) is 26.7 Å². The molecule has 1 aromatic rings. The molecule has 0 radical (unpaired) electrons. The predicted molar refractivity (Wildman–Crippen MR) is 77.6 cm³/mol. The number of sulfonamides is 1. The summed E-state index contributed by atoms with van der Waals surface area (Å²) in [5.41, 5.74) is 0.474.